The highest BCUT2D eigenvalue weighted by Crippen LogP contribution is 2.42. The molecule has 25 heavy (non-hydrogen) atoms. The molecule has 0 spiro atoms. The van der Waals surface area contributed by atoms with Crippen LogP contribution in [-0.2, 0) is 0 Å². The van der Waals surface area contributed by atoms with E-state index in [0.717, 1.165) is 22.9 Å². The van der Waals surface area contributed by atoms with Gasteiger partial charge in [0, 0.05) is 17.2 Å². The normalized spacial score (nSPS) is 23.5. The van der Waals surface area contributed by atoms with Gasteiger partial charge in [-0.2, -0.15) is 0 Å². The molecule has 1 aliphatic rings. The summed E-state index contributed by atoms with van der Waals surface area (Å²) < 4.78 is 2.28. The summed E-state index contributed by atoms with van der Waals surface area (Å²) in [7, 11) is 0. The van der Waals surface area contributed by atoms with Crippen molar-refractivity contribution in [1.29, 1.82) is 0 Å². The molecule has 1 aromatic heterocycles. The zero-order valence-corrected chi connectivity index (χ0v) is 15.0. The molecule has 1 fully saturated rings. The van der Waals surface area contributed by atoms with Gasteiger partial charge in [0.05, 0.1) is 0 Å². The van der Waals surface area contributed by atoms with Gasteiger partial charge in [-0.25, -0.2) is 0 Å². The zero-order chi connectivity index (χ0) is 17.2. The molecule has 0 bridgehead atoms. The van der Waals surface area contributed by atoms with Crippen molar-refractivity contribution < 1.29 is 0 Å². The van der Waals surface area contributed by atoms with Crippen molar-refractivity contribution in [3.63, 3.8) is 0 Å². The quantitative estimate of drug-likeness (QED) is 0.637. The van der Waals surface area contributed by atoms with E-state index in [4.69, 9.17) is 5.10 Å². The second kappa shape index (κ2) is 6.83. The Kier molecular flexibility index (Phi) is 4.39. The summed E-state index contributed by atoms with van der Waals surface area (Å²) in [6.07, 6.45) is 3.87. The summed E-state index contributed by atoms with van der Waals surface area (Å²) >= 11 is 0. The summed E-state index contributed by atoms with van der Waals surface area (Å²) in [5.41, 5.74) is 2.26. The Labute approximate surface area is 149 Å². The van der Waals surface area contributed by atoms with Crippen LogP contribution < -0.4 is 0 Å². The SMILES string of the molecule is CC1CCCC(C)C1c1nnc(-c2ccccc2)n1-c1ccccc1. The van der Waals surface area contributed by atoms with Gasteiger partial charge < -0.3 is 0 Å². The molecule has 0 aliphatic heterocycles. The number of hydrogen-bond acceptors (Lipinski definition) is 2. The van der Waals surface area contributed by atoms with Crippen LogP contribution in [0.25, 0.3) is 17.1 Å². The minimum Gasteiger partial charge on any atom is -0.279 e. The fourth-order valence-electron chi connectivity index (χ4n) is 4.31. The van der Waals surface area contributed by atoms with Crippen LogP contribution >= 0.6 is 0 Å². The highest BCUT2D eigenvalue weighted by atomic mass is 15.3. The Hall–Kier alpha value is -2.42. The van der Waals surface area contributed by atoms with Gasteiger partial charge >= 0.3 is 0 Å². The average Bonchev–Trinajstić information content (AvgIpc) is 3.08. The molecule has 2 atom stereocenters. The van der Waals surface area contributed by atoms with Crippen LogP contribution in [0.3, 0.4) is 0 Å². The van der Waals surface area contributed by atoms with E-state index in [2.05, 4.69) is 78.1 Å². The van der Waals surface area contributed by atoms with E-state index in [0.29, 0.717) is 17.8 Å². The van der Waals surface area contributed by atoms with E-state index in [1.54, 1.807) is 0 Å². The first-order valence-corrected chi connectivity index (χ1v) is 9.32. The lowest BCUT2D eigenvalue weighted by molar-refractivity contribution is 0.238. The fourth-order valence-corrected chi connectivity index (χ4v) is 4.31. The van der Waals surface area contributed by atoms with E-state index in [9.17, 15) is 0 Å². The van der Waals surface area contributed by atoms with E-state index < -0.39 is 0 Å². The molecular formula is C22H25N3. The maximum absolute atomic E-state index is 4.71. The van der Waals surface area contributed by atoms with Crippen LogP contribution in [0.5, 0.6) is 0 Å². The van der Waals surface area contributed by atoms with Crippen molar-refractivity contribution in [3.8, 4) is 17.1 Å². The fraction of sp³-hybridized carbons (Fsp3) is 0.364. The van der Waals surface area contributed by atoms with Gasteiger partial charge in [0.25, 0.3) is 0 Å². The van der Waals surface area contributed by atoms with Gasteiger partial charge in [-0.1, -0.05) is 68.8 Å². The van der Waals surface area contributed by atoms with Crippen LogP contribution in [-0.4, -0.2) is 14.8 Å². The number of para-hydroxylation sites is 1. The summed E-state index contributed by atoms with van der Waals surface area (Å²) in [5.74, 6) is 3.79. The van der Waals surface area contributed by atoms with Crippen LogP contribution in [0.1, 0.15) is 44.9 Å². The highest BCUT2D eigenvalue weighted by molar-refractivity contribution is 5.58. The third-order valence-corrected chi connectivity index (χ3v) is 5.58. The monoisotopic (exact) mass is 331 g/mol. The molecule has 4 rings (SSSR count). The summed E-state index contributed by atoms with van der Waals surface area (Å²) in [6.45, 7) is 4.74. The van der Waals surface area contributed by atoms with Gasteiger partial charge in [-0.15, -0.1) is 10.2 Å². The largest absolute Gasteiger partial charge is 0.279 e. The van der Waals surface area contributed by atoms with Crippen molar-refractivity contribution in [3.05, 3.63) is 66.5 Å². The van der Waals surface area contributed by atoms with E-state index in [-0.39, 0.29) is 0 Å². The molecule has 3 heteroatoms. The van der Waals surface area contributed by atoms with Gasteiger partial charge in [0.15, 0.2) is 5.82 Å². The van der Waals surface area contributed by atoms with Crippen molar-refractivity contribution in [2.75, 3.05) is 0 Å². The van der Waals surface area contributed by atoms with Gasteiger partial charge in [0.1, 0.15) is 5.82 Å². The maximum Gasteiger partial charge on any atom is 0.168 e. The number of benzene rings is 2. The molecule has 0 saturated heterocycles. The first-order chi connectivity index (χ1) is 12.3. The standard InChI is InChI=1S/C22H25N3/c1-16-10-9-11-17(2)20(16)22-24-23-21(18-12-5-3-6-13-18)25(22)19-14-7-4-8-15-19/h3-8,12-17,20H,9-11H2,1-2H3. The molecule has 0 N–H and O–H groups in total. The van der Waals surface area contributed by atoms with Crippen LogP contribution in [0.15, 0.2) is 60.7 Å². The molecule has 1 heterocycles. The number of hydrogen-bond donors (Lipinski definition) is 0. The molecule has 0 radical (unpaired) electrons. The Morgan fingerprint density at radius 3 is 2.04 bits per heavy atom. The summed E-state index contributed by atoms with van der Waals surface area (Å²) in [4.78, 5) is 0. The number of nitrogens with zero attached hydrogens (tertiary/aromatic N) is 3. The minimum absolute atomic E-state index is 0.457. The number of aromatic nitrogens is 3. The lowest BCUT2D eigenvalue weighted by atomic mass is 9.73. The van der Waals surface area contributed by atoms with Crippen molar-refractivity contribution in [1.82, 2.24) is 14.8 Å². The third-order valence-electron chi connectivity index (χ3n) is 5.58. The Balaban J connectivity index is 1.89. The first-order valence-electron chi connectivity index (χ1n) is 9.32. The van der Waals surface area contributed by atoms with Crippen LogP contribution in [0, 0.1) is 11.8 Å². The van der Waals surface area contributed by atoms with Crippen molar-refractivity contribution in [2.24, 2.45) is 11.8 Å². The highest BCUT2D eigenvalue weighted by Gasteiger charge is 2.34. The summed E-state index contributed by atoms with van der Waals surface area (Å²) in [5, 5.41) is 9.33. The lowest BCUT2D eigenvalue weighted by Crippen LogP contribution is -2.25. The van der Waals surface area contributed by atoms with Gasteiger partial charge in [-0.3, -0.25) is 4.57 Å². The lowest BCUT2D eigenvalue weighted by Gasteiger charge is -2.34. The van der Waals surface area contributed by atoms with Gasteiger partial charge in [-0.05, 0) is 36.8 Å². The summed E-state index contributed by atoms with van der Waals surface area (Å²) in [6, 6.07) is 20.9. The molecule has 1 saturated carbocycles. The van der Waals surface area contributed by atoms with Crippen LogP contribution in [0.2, 0.25) is 0 Å². The topological polar surface area (TPSA) is 30.7 Å². The van der Waals surface area contributed by atoms with Gasteiger partial charge in [0.2, 0.25) is 0 Å². The smallest absolute Gasteiger partial charge is 0.168 e. The predicted molar refractivity (Wildman–Crippen MR) is 102 cm³/mol. The molecule has 0 amide bonds. The van der Waals surface area contributed by atoms with Crippen molar-refractivity contribution >= 4 is 0 Å². The molecule has 2 unspecified atom stereocenters. The molecule has 128 valence electrons. The second-order valence-electron chi connectivity index (χ2n) is 7.33. The Bertz CT molecular complexity index is 813. The van der Waals surface area contributed by atoms with E-state index in [1.165, 1.54) is 19.3 Å². The molecule has 3 aromatic rings. The average molecular weight is 331 g/mol. The zero-order valence-electron chi connectivity index (χ0n) is 15.0. The van der Waals surface area contributed by atoms with Crippen molar-refractivity contribution in [2.45, 2.75) is 39.0 Å². The minimum atomic E-state index is 0.457. The van der Waals surface area contributed by atoms with Crippen LogP contribution in [0.4, 0.5) is 0 Å². The second-order valence-corrected chi connectivity index (χ2v) is 7.33. The predicted octanol–water partition coefficient (Wildman–Crippen LogP) is 5.47. The molecular weight excluding hydrogens is 306 g/mol. The Morgan fingerprint density at radius 2 is 1.40 bits per heavy atom. The molecule has 3 nitrogen and oxygen atoms in total. The molecule has 1 aliphatic carbocycles. The van der Waals surface area contributed by atoms with E-state index in [1.807, 2.05) is 6.07 Å². The van der Waals surface area contributed by atoms with E-state index >= 15 is 0 Å². The Morgan fingerprint density at radius 1 is 0.800 bits per heavy atom. The maximum atomic E-state index is 4.71. The molecule has 2 aromatic carbocycles. The first kappa shape index (κ1) is 16.1. The number of rotatable bonds is 3. The third kappa shape index (κ3) is 2.99.